The molecule has 0 bridgehead atoms. The predicted molar refractivity (Wildman–Crippen MR) is 114 cm³/mol. The molecule has 1 aromatic heterocycles. The number of hydrogen-bond acceptors (Lipinski definition) is 5. The van der Waals surface area contributed by atoms with Crippen molar-refractivity contribution in [2.24, 2.45) is 0 Å². The van der Waals surface area contributed by atoms with E-state index in [-0.39, 0.29) is 22.9 Å². The third-order valence-electron chi connectivity index (χ3n) is 4.57. The summed E-state index contributed by atoms with van der Waals surface area (Å²) >= 11 is 0. The van der Waals surface area contributed by atoms with Crippen LogP contribution in [0.4, 0.5) is 5.69 Å². The summed E-state index contributed by atoms with van der Waals surface area (Å²) in [5, 5.41) is 3.42. The van der Waals surface area contributed by atoms with Crippen LogP contribution < -0.4 is 10.1 Å². The van der Waals surface area contributed by atoms with Crippen LogP contribution in [0.5, 0.6) is 5.75 Å². The number of fused-ring (bicyclic) bond motifs is 1. The number of carbonyl (C=O) groups excluding carboxylic acids is 1. The highest BCUT2D eigenvalue weighted by atomic mass is 32.2. The molecule has 4 aromatic rings. The molecular weight excluding hydrogens is 402 g/mol. The van der Waals surface area contributed by atoms with Gasteiger partial charge in [0, 0.05) is 17.2 Å². The van der Waals surface area contributed by atoms with Crippen molar-refractivity contribution in [3.05, 3.63) is 90.2 Å². The third-order valence-corrected chi connectivity index (χ3v) is 5.72. The average molecular weight is 421 g/mol. The number of furan rings is 1. The molecule has 0 fully saturated rings. The van der Waals surface area contributed by atoms with Crippen LogP contribution in [-0.2, 0) is 16.4 Å². The predicted octanol–water partition coefficient (Wildman–Crippen LogP) is 4.67. The second-order valence-electron chi connectivity index (χ2n) is 6.73. The summed E-state index contributed by atoms with van der Waals surface area (Å²) < 4.78 is 35.7. The summed E-state index contributed by atoms with van der Waals surface area (Å²) in [5.74, 6) is 0.195. The molecule has 4 rings (SSSR count). The molecule has 1 N–H and O–H groups in total. The molecule has 6 nitrogen and oxygen atoms in total. The summed E-state index contributed by atoms with van der Waals surface area (Å²) in [6, 6.07) is 22.8. The number of sulfone groups is 1. The Bertz CT molecular complexity index is 1310. The van der Waals surface area contributed by atoms with E-state index < -0.39 is 15.7 Å². The normalized spacial score (nSPS) is 11.4. The Morgan fingerprint density at radius 1 is 0.933 bits per heavy atom. The Kier molecular flexibility index (Phi) is 5.29. The highest BCUT2D eigenvalue weighted by Gasteiger charge is 2.23. The molecule has 3 aromatic carbocycles. The lowest BCUT2D eigenvalue weighted by atomic mass is 10.1. The van der Waals surface area contributed by atoms with Crippen LogP contribution in [0.25, 0.3) is 11.0 Å². The summed E-state index contributed by atoms with van der Waals surface area (Å²) in [6.45, 7) is 0.123. The van der Waals surface area contributed by atoms with E-state index in [0.29, 0.717) is 16.9 Å². The van der Waals surface area contributed by atoms with Gasteiger partial charge in [-0.05, 0) is 30.3 Å². The van der Waals surface area contributed by atoms with E-state index in [4.69, 9.17) is 9.15 Å². The van der Waals surface area contributed by atoms with Crippen molar-refractivity contribution in [2.45, 2.75) is 11.5 Å². The Balaban J connectivity index is 1.69. The van der Waals surface area contributed by atoms with Gasteiger partial charge in [-0.3, -0.25) is 4.79 Å². The summed E-state index contributed by atoms with van der Waals surface area (Å²) in [4.78, 5) is 13.1. The van der Waals surface area contributed by atoms with Crippen molar-refractivity contribution in [1.29, 1.82) is 0 Å². The standard InChI is InChI=1S/C23H19NO5S/c1-30(26,27)21-14-8-6-12-19(21)24-23(25)22-18(15-28-16-9-3-2-4-10-16)17-11-5-7-13-20(17)29-22/h2-14H,15H2,1H3,(H,24,25). The minimum absolute atomic E-state index is 0.0385. The SMILES string of the molecule is CS(=O)(=O)c1ccccc1NC(=O)c1oc2ccccc2c1COc1ccccc1. The molecule has 0 spiro atoms. The van der Waals surface area contributed by atoms with Crippen LogP contribution in [0.3, 0.4) is 0 Å². The molecule has 0 aliphatic rings. The van der Waals surface area contributed by atoms with E-state index in [1.165, 1.54) is 12.1 Å². The Morgan fingerprint density at radius 2 is 1.60 bits per heavy atom. The van der Waals surface area contributed by atoms with Crippen molar-refractivity contribution in [3.63, 3.8) is 0 Å². The fourth-order valence-electron chi connectivity index (χ4n) is 3.17. The third kappa shape index (κ3) is 4.06. The molecule has 152 valence electrons. The Morgan fingerprint density at radius 3 is 2.37 bits per heavy atom. The number of ether oxygens (including phenoxy) is 1. The minimum atomic E-state index is -3.51. The van der Waals surface area contributed by atoms with Gasteiger partial charge in [-0.1, -0.05) is 48.5 Å². The molecule has 30 heavy (non-hydrogen) atoms. The van der Waals surface area contributed by atoms with Crippen LogP contribution in [0, 0.1) is 0 Å². The topological polar surface area (TPSA) is 85.6 Å². The fourth-order valence-corrected chi connectivity index (χ4v) is 4.01. The molecule has 0 unspecified atom stereocenters. The maximum absolute atomic E-state index is 13.0. The molecule has 1 heterocycles. The molecule has 7 heteroatoms. The van der Waals surface area contributed by atoms with Gasteiger partial charge in [0.05, 0.1) is 10.6 Å². The highest BCUT2D eigenvalue weighted by Crippen LogP contribution is 2.29. The van der Waals surface area contributed by atoms with E-state index >= 15 is 0 Å². The second kappa shape index (κ2) is 8.04. The number of carbonyl (C=O) groups is 1. The van der Waals surface area contributed by atoms with E-state index in [2.05, 4.69) is 5.32 Å². The number of rotatable bonds is 6. The van der Waals surface area contributed by atoms with Crippen LogP contribution in [0.2, 0.25) is 0 Å². The maximum Gasteiger partial charge on any atom is 0.291 e. The van der Waals surface area contributed by atoms with Gasteiger partial charge in [-0.2, -0.15) is 0 Å². The monoisotopic (exact) mass is 421 g/mol. The van der Waals surface area contributed by atoms with Gasteiger partial charge in [-0.25, -0.2) is 8.42 Å². The molecule has 0 radical (unpaired) electrons. The first-order valence-electron chi connectivity index (χ1n) is 9.22. The van der Waals surface area contributed by atoms with Gasteiger partial charge in [0.25, 0.3) is 5.91 Å². The molecule has 1 amide bonds. The first kappa shape index (κ1) is 19.7. The Hall–Kier alpha value is -3.58. The zero-order valence-electron chi connectivity index (χ0n) is 16.2. The maximum atomic E-state index is 13.0. The molecular formula is C23H19NO5S. The molecule has 0 atom stereocenters. The van der Waals surface area contributed by atoms with E-state index in [1.54, 1.807) is 18.2 Å². The average Bonchev–Trinajstić information content (AvgIpc) is 3.11. The molecule has 0 aliphatic heterocycles. The fraction of sp³-hybridized carbons (Fsp3) is 0.0870. The zero-order chi connectivity index (χ0) is 21.1. The van der Waals surface area contributed by atoms with Gasteiger partial charge < -0.3 is 14.5 Å². The van der Waals surface area contributed by atoms with E-state index in [1.807, 2.05) is 48.5 Å². The van der Waals surface area contributed by atoms with Crippen molar-refractivity contribution in [2.75, 3.05) is 11.6 Å². The van der Waals surface area contributed by atoms with Gasteiger partial charge >= 0.3 is 0 Å². The second-order valence-corrected chi connectivity index (χ2v) is 8.71. The molecule has 0 saturated carbocycles. The summed E-state index contributed by atoms with van der Waals surface area (Å²) in [5.41, 5.74) is 1.33. The van der Waals surface area contributed by atoms with Crippen molar-refractivity contribution in [3.8, 4) is 5.75 Å². The van der Waals surface area contributed by atoms with Crippen LogP contribution >= 0.6 is 0 Å². The number of amides is 1. The van der Waals surface area contributed by atoms with Crippen LogP contribution in [0.1, 0.15) is 16.1 Å². The van der Waals surface area contributed by atoms with Crippen molar-refractivity contribution >= 4 is 32.4 Å². The lowest BCUT2D eigenvalue weighted by Gasteiger charge is -2.10. The largest absolute Gasteiger partial charge is 0.489 e. The first-order valence-corrected chi connectivity index (χ1v) is 11.1. The van der Waals surface area contributed by atoms with Crippen LogP contribution in [0.15, 0.2) is 88.2 Å². The van der Waals surface area contributed by atoms with Gasteiger partial charge in [0.1, 0.15) is 17.9 Å². The van der Waals surface area contributed by atoms with Crippen molar-refractivity contribution < 1.29 is 22.4 Å². The lowest BCUT2D eigenvalue weighted by molar-refractivity contribution is 0.0995. The van der Waals surface area contributed by atoms with Gasteiger partial charge in [0.15, 0.2) is 15.6 Å². The van der Waals surface area contributed by atoms with E-state index in [0.717, 1.165) is 11.6 Å². The van der Waals surface area contributed by atoms with E-state index in [9.17, 15) is 13.2 Å². The number of benzene rings is 3. The highest BCUT2D eigenvalue weighted by molar-refractivity contribution is 7.90. The number of hydrogen-bond donors (Lipinski definition) is 1. The summed E-state index contributed by atoms with van der Waals surface area (Å²) in [7, 11) is -3.51. The minimum Gasteiger partial charge on any atom is -0.489 e. The zero-order valence-corrected chi connectivity index (χ0v) is 17.0. The van der Waals surface area contributed by atoms with Gasteiger partial charge in [-0.15, -0.1) is 0 Å². The quantitative estimate of drug-likeness (QED) is 0.489. The first-order chi connectivity index (χ1) is 14.4. The van der Waals surface area contributed by atoms with Crippen LogP contribution in [-0.4, -0.2) is 20.6 Å². The number of nitrogens with one attached hydrogen (secondary N) is 1. The lowest BCUT2D eigenvalue weighted by Crippen LogP contribution is -2.16. The molecule has 0 aliphatic carbocycles. The number of anilines is 1. The Labute approximate surface area is 174 Å². The van der Waals surface area contributed by atoms with Gasteiger partial charge in [0.2, 0.25) is 0 Å². The smallest absolute Gasteiger partial charge is 0.291 e. The number of para-hydroxylation sites is 3. The molecule has 0 saturated heterocycles. The summed E-state index contributed by atoms with van der Waals surface area (Å²) in [6.07, 6.45) is 1.10. The van der Waals surface area contributed by atoms with Crippen molar-refractivity contribution in [1.82, 2.24) is 0 Å².